The molecule has 1 heterocycles. The number of oxime groups is 1. The standard InChI is InChI=1S/C13H19N3O3/c14-12(16-18)11(9-4-2-1-3-5-9)15-13(17)10-6-7-19-8-10/h6-9,11,18H,1-5H2,(H2,14,16)(H,15,17). The highest BCUT2D eigenvalue weighted by Crippen LogP contribution is 2.26. The molecule has 0 saturated heterocycles. The molecule has 6 nitrogen and oxygen atoms in total. The van der Waals surface area contributed by atoms with Crippen LogP contribution in [0.25, 0.3) is 0 Å². The molecule has 1 aliphatic rings. The van der Waals surface area contributed by atoms with Gasteiger partial charge in [0.2, 0.25) is 0 Å². The van der Waals surface area contributed by atoms with Crippen molar-refractivity contribution in [3.63, 3.8) is 0 Å². The van der Waals surface area contributed by atoms with E-state index >= 15 is 0 Å². The van der Waals surface area contributed by atoms with Gasteiger partial charge in [0.1, 0.15) is 6.26 Å². The van der Waals surface area contributed by atoms with E-state index in [1.165, 1.54) is 18.9 Å². The van der Waals surface area contributed by atoms with E-state index in [0.29, 0.717) is 5.56 Å². The van der Waals surface area contributed by atoms with Crippen molar-refractivity contribution in [2.75, 3.05) is 0 Å². The first-order valence-corrected chi connectivity index (χ1v) is 6.53. The third kappa shape index (κ3) is 3.27. The van der Waals surface area contributed by atoms with Gasteiger partial charge in [0, 0.05) is 0 Å². The predicted octanol–water partition coefficient (Wildman–Crippen LogP) is 1.70. The Morgan fingerprint density at radius 1 is 1.47 bits per heavy atom. The van der Waals surface area contributed by atoms with Crippen LogP contribution in [0.2, 0.25) is 0 Å². The van der Waals surface area contributed by atoms with Gasteiger partial charge in [0.25, 0.3) is 5.91 Å². The van der Waals surface area contributed by atoms with Crippen LogP contribution in [-0.2, 0) is 0 Å². The topological polar surface area (TPSA) is 101 Å². The molecule has 1 unspecified atom stereocenters. The van der Waals surface area contributed by atoms with Crippen molar-refractivity contribution in [3.05, 3.63) is 24.2 Å². The van der Waals surface area contributed by atoms with Gasteiger partial charge in [-0.1, -0.05) is 24.4 Å². The molecule has 1 saturated carbocycles. The zero-order chi connectivity index (χ0) is 13.7. The highest BCUT2D eigenvalue weighted by Gasteiger charge is 2.28. The van der Waals surface area contributed by atoms with Gasteiger partial charge in [-0.05, 0) is 24.8 Å². The van der Waals surface area contributed by atoms with Gasteiger partial charge in [-0.3, -0.25) is 4.79 Å². The summed E-state index contributed by atoms with van der Waals surface area (Å²) in [5.41, 5.74) is 6.15. The minimum atomic E-state index is -0.423. The largest absolute Gasteiger partial charge is 0.472 e. The van der Waals surface area contributed by atoms with E-state index < -0.39 is 6.04 Å². The Bertz CT molecular complexity index is 436. The van der Waals surface area contributed by atoms with Gasteiger partial charge >= 0.3 is 0 Å². The van der Waals surface area contributed by atoms with Crippen LogP contribution in [-0.4, -0.2) is 23.0 Å². The summed E-state index contributed by atoms with van der Waals surface area (Å²) >= 11 is 0. The van der Waals surface area contributed by atoms with Gasteiger partial charge in [-0.15, -0.1) is 0 Å². The second-order valence-electron chi connectivity index (χ2n) is 4.89. The third-order valence-corrected chi connectivity index (χ3v) is 3.63. The second kappa shape index (κ2) is 6.26. The monoisotopic (exact) mass is 265 g/mol. The summed E-state index contributed by atoms with van der Waals surface area (Å²) in [7, 11) is 0. The SMILES string of the molecule is N/C(=N\O)C(NC(=O)c1ccoc1)C1CCCCC1. The Labute approximate surface area is 111 Å². The van der Waals surface area contributed by atoms with Crippen LogP contribution in [0.5, 0.6) is 0 Å². The summed E-state index contributed by atoms with van der Waals surface area (Å²) in [4.78, 5) is 12.0. The number of nitrogens with one attached hydrogen (secondary N) is 1. The lowest BCUT2D eigenvalue weighted by Crippen LogP contribution is -2.49. The molecule has 1 fully saturated rings. The normalized spacial score (nSPS) is 19.1. The molecule has 4 N–H and O–H groups in total. The number of hydrogen-bond acceptors (Lipinski definition) is 4. The lowest BCUT2D eigenvalue weighted by atomic mass is 9.83. The molecule has 6 heteroatoms. The third-order valence-electron chi connectivity index (χ3n) is 3.63. The molecule has 19 heavy (non-hydrogen) atoms. The first-order valence-electron chi connectivity index (χ1n) is 6.53. The van der Waals surface area contributed by atoms with Gasteiger partial charge in [-0.2, -0.15) is 0 Å². The van der Waals surface area contributed by atoms with E-state index in [-0.39, 0.29) is 17.7 Å². The van der Waals surface area contributed by atoms with Crippen LogP contribution in [0.1, 0.15) is 42.5 Å². The van der Waals surface area contributed by atoms with Crippen LogP contribution in [0.3, 0.4) is 0 Å². The van der Waals surface area contributed by atoms with Crippen molar-refractivity contribution >= 4 is 11.7 Å². The van der Waals surface area contributed by atoms with Gasteiger partial charge < -0.3 is 20.7 Å². The number of amides is 1. The molecule has 1 atom stereocenters. The summed E-state index contributed by atoms with van der Waals surface area (Å²) in [5.74, 6) is 0.0140. The minimum Gasteiger partial charge on any atom is -0.472 e. The molecule has 1 aromatic heterocycles. The molecular formula is C13H19N3O3. The Morgan fingerprint density at radius 2 is 2.21 bits per heavy atom. The average Bonchev–Trinajstić information content (AvgIpc) is 2.99. The lowest BCUT2D eigenvalue weighted by molar-refractivity contribution is 0.0930. The molecule has 0 bridgehead atoms. The summed E-state index contributed by atoms with van der Waals surface area (Å²) in [5, 5.41) is 14.8. The lowest BCUT2D eigenvalue weighted by Gasteiger charge is -2.29. The fourth-order valence-corrected chi connectivity index (χ4v) is 2.58. The van der Waals surface area contributed by atoms with Crippen LogP contribution in [0.4, 0.5) is 0 Å². The Hall–Kier alpha value is -1.98. The van der Waals surface area contributed by atoms with Gasteiger partial charge in [0.15, 0.2) is 5.84 Å². The van der Waals surface area contributed by atoms with Crippen molar-refractivity contribution in [3.8, 4) is 0 Å². The maximum Gasteiger partial charge on any atom is 0.255 e. The zero-order valence-electron chi connectivity index (χ0n) is 10.7. The highest BCUT2D eigenvalue weighted by molar-refractivity contribution is 5.98. The van der Waals surface area contributed by atoms with E-state index in [1.54, 1.807) is 6.07 Å². The van der Waals surface area contributed by atoms with Gasteiger partial charge in [0.05, 0.1) is 17.9 Å². The van der Waals surface area contributed by atoms with Crippen molar-refractivity contribution in [1.29, 1.82) is 0 Å². The maximum atomic E-state index is 12.0. The van der Waals surface area contributed by atoms with E-state index in [9.17, 15) is 4.79 Å². The summed E-state index contributed by atoms with van der Waals surface area (Å²) in [6.07, 6.45) is 8.20. The van der Waals surface area contributed by atoms with E-state index in [4.69, 9.17) is 15.4 Å². The Balaban J connectivity index is 2.07. The summed E-state index contributed by atoms with van der Waals surface area (Å²) in [6, 6.07) is 1.16. The number of nitrogens with zero attached hydrogens (tertiary/aromatic N) is 1. The number of furan rings is 1. The number of carbonyl (C=O) groups is 1. The number of carbonyl (C=O) groups excluding carboxylic acids is 1. The number of hydrogen-bond donors (Lipinski definition) is 3. The zero-order valence-corrected chi connectivity index (χ0v) is 10.7. The molecule has 1 aliphatic carbocycles. The molecule has 0 aromatic carbocycles. The molecule has 2 rings (SSSR count). The number of rotatable bonds is 4. The fourth-order valence-electron chi connectivity index (χ4n) is 2.58. The molecule has 1 aromatic rings. The average molecular weight is 265 g/mol. The summed E-state index contributed by atoms with van der Waals surface area (Å²) < 4.78 is 4.88. The molecule has 0 radical (unpaired) electrons. The van der Waals surface area contributed by atoms with E-state index in [0.717, 1.165) is 25.7 Å². The predicted molar refractivity (Wildman–Crippen MR) is 69.9 cm³/mol. The van der Waals surface area contributed by atoms with Crippen LogP contribution >= 0.6 is 0 Å². The van der Waals surface area contributed by atoms with Crippen molar-refractivity contribution in [1.82, 2.24) is 5.32 Å². The number of nitrogens with two attached hydrogens (primary N) is 1. The van der Waals surface area contributed by atoms with Crippen LogP contribution in [0, 0.1) is 5.92 Å². The van der Waals surface area contributed by atoms with Gasteiger partial charge in [-0.25, -0.2) is 0 Å². The first kappa shape index (κ1) is 13.5. The quantitative estimate of drug-likeness (QED) is 0.334. The molecule has 104 valence electrons. The molecule has 1 amide bonds. The first-order chi connectivity index (χ1) is 9.22. The smallest absolute Gasteiger partial charge is 0.255 e. The summed E-state index contributed by atoms with van der Waals surface area (Å²) in [6.45, 7) is 0. The maximum absolute atomic E-state index is 12.0. The van der Waals surface area contributed by atoms with Crippen molar-refractivity contribution in [2.45, 2.75) is 38.1 Å². The molecule has 0 spiro atoms. The van der Waals surface area contributed by atoms with E-state index in [2.05, 4.69) is 10.5 Å². The fraction of sp³-hybridized carbons (Fsp3) is 0.538. The Kier molecular flexibility index (Phi) is 4.43. The van der Waals surface area contributed by atoms with Crippen LogP contribution in [0.15, 0.2) is 28.2 Å². The number of amidine groups is 1. The van der Waals surface area contributed by atoms with E-state index in [1.807, 2.05) is 0 Å². The minimum absolute atomic E-state index is 0.0590. The van der Waals surface area contributed by atoms with Crippen molar-refractivity contribution in [2.24, 2.45) is 16.8 Å². The Morgan fingerprint density at radius 3 is 2.79 bits per heavy atom. The second-order valence-corrected chi connectivity index (χ2v) is 4.89. The van der Waals surface area contributed by atoms with Crippen LogP contribution < -0.4 is 11.1 Å². The molecular weight excluding hydrogens is 246 g/mol. The highest BCUT2D eigenvalue weighted by atomic mass is 16.4. The molecule has 0 aliphatic heterocycles. The van der Waals surface area contributed by atoms with Crippen molar-refractivity contribution < 1.29 is 14.4 Å².